The highest BCUT2D eigenvalue weighted by molar-refractivity contribution is 7.12. The van der Waals surface area contributed by atoms with Gasteiger partial charge in [0.15, 0.2) is 5.78 Å². The van der Waals surface area contributed by atoms with E-state index in [-0.39, 0.29) is 5.78 Å². The standard InChI is InChI=1S/C21H15N3OS/c1-12-7-9-14(10-8-12)17-11-26-21(22-17)24-19-15-5-3-4-6-16(15)20(25)18(19)13(2)23-24/h3-11H,1-2H3. The molecular formula is C21H15N3OS. The summed E-state index contributed by atoms with van der Waals surface area (Å²) in [6, 6.07) is 16.0. The van der Waals surface area contributed by atoms with Crippen molar-refractivity contribution >= 4 is 17.1 Å². The maximum Gasteiger partial charge on any atom is 0.211 e. The number of fused-ring (bicyclic) bond motifs is 3. The van der Waals surface area contributed by atoms with E-state index in [0.717, 1.165) is 38.9 Å². The number of carbonyl (C=O) groups is 1. The molecule has 2 aromatic carbocycles. The monoisotopic (exact) mass is 357 g/mol. The molecule has 0 saturated heterocycles. The van der Waals surface area contributed by atoms with Crippen molar-refractivity contribution in [2.24, 2.45) is 0 Å². The van der Waals surface area contributed by atoms with Crippen LogP contribution in [-0.2, 0) is 0 Å². The van der Waals surface area contributed by atoms with E-state index in [0.29, 0.717) is 5.56 Å². The zero-order chi connectivity index (χ0) is 17.8. The topological polar surface area (TPSA) is 47.8 Å². The number of aryl methyl sites for hydroxylation is 2. The van der Waals surface area contributed by atoms with Crippen LogP contribution in [0.15, 0.2) is 53.9 Å². The van der Waals surface area contributed by atoms with Crippen LogP contribution in [0.2, 0.25) is 0 Å². The van der Waals surface area contributed by atoms with Gasteiger partial charge in [0.05, 0.1) is 22.6 Å². The first-order valence-electron chi connectivity index (χ1n) is 8.40. The number of thiazole rings is 1. The second-order valence-corrected chi connectivity index (χ2v) is 7.31. The van der Waals surface area contributed by atoms with Gasteiger partial charge in [-0.05, 0) is 13.8 Å². The molecule has 4 aromatic rings. The molecule has 0 N–H and O–H groups in total. The summed E-state index contributed by atoms with van der Waals surface area (Å²) in [6.07, 6.45) is 0. The van der Waals surface area contributed by atoms with Gasteiger partial charge in [-0.3, -0.25) is 4.79 Å². The van der Waals surface area contributed by atoms with Crippen molar-refractivity contribution in [1.82, 2.24) is 14.8 Å². The van der Waals surface area contributed by atoms with Gasteiger partial charge in [-0.15, -0.1) is 11.3 Å². The first-order chi connectivity index (χ1) is 12.6. The average molecular weight is 357 g/mol. The summed E-state index contributed by atoms with van der Waals surface area (Å²) in [6.45, 7) is 3.95. The lowest BCUT2D eigenvalue weighted by Crippen LogP contribution is -1.99. The first-order valence-corrected chi connectivity index (χ1v) is 9.28. The molecule has 0 saturated carbocycles. The van der Waals surface area contributed by atoms with E-state index in [1.54, 1.807) is 0 Å². The molecule has 0 atom stereocenters. The predicted octanol–water partition coefficient (Wildman–Crippen LogP) is 4.82. The predicted molar refractivity (Wildman–Crippen MR) is 103 cm³/mol. The first kappa shape index (κ1) is 15.2. The minimum atomic E-state index is 0.0506. The van der Waals surface area contributed by atoms with E-state index >= 15 is 0 Å². The van der Waals surface area contributed by atoms with E-state index in [2.05, 4.69) is 36.3 Å². The summed E-state index contributed by atoms with van der Waals surface area (Å²) in [7, 11) is 0. The Morgan fingerprint density at radius 3 is 2.46 bits per heavy atom. The summed E-state index contributed by atoms with van der Waals surface area (Å²) in [5.41, 5.74) is 7.19. The molecular weight excluding hydrogens is 342 g/mol. The minimum absolute atomic E-state index is 0.0506. The van der Waals surface area contributed by atoms with Gasteiger partial charge in [-0.1, -0.05) is 54.1 Å². The SMILES string of the molecule is Cc1ccc(-c2csc(-n3nc(C)c4c3-c3ccccc3C4=O)n2)cc1. The third-order valence-corrected chi connectivity index (χ3v) is 5.55. The fourth-order valence-electron chi connectivity index (χ4n) is 3.43. The molecule has 0 aliphatic heterocycles. The minimum Gasteiger partial charge on any atom is -0.288 e. The van der Waals surface area contributed by atoms with E-state index in [1.165, 1.54) is 16.9 Å². The Bertz CT molecular complexity index is 1170. The molecule has 0 spiro atoms. The molecule has 126 valence electrons. The highest BCUT2D eigenvalue weighted by Gasteiger charge is 2.33. The Morgan fingerprint density at radius 1 is 0.962 bits per heavy atom. The van der Waals surface area contributed by atoms with Gasteiger partial charge in [-0.25, -0.2) is 9.67 Å². The molecule has 0 bridgehead atoms. The summed E-state index contributed by atoms with van der Waals surface area (Å²) in [4.78, 5) is 17.5. The van der Waals surface area contributed by atoms with Gasteiger partial charge in [0, 0.05) is 22.1 Å². The van der Waals surface area contributed by atoms with E-state index in [1.807, 2.05) is 41.3 Å². The lowest BCUT2D eigenvalue weighted by Gasteiger charge is -2.03. The van der Waals surface area contributed by atoms with Crippen LogP contribution in [0.25, 0.3) is 27.6 Å². The van der Waals surface area contributed by atoms with E-state index < -0.39 is 0 Å². The van der Waals surface area contributed by atoms with Crippen LogP contribution in [0.3, 0.4) is 0 Å². The van der Waals surface area contributed by atoms with Gasteiger partial charge >= 0.3 is 0 Å². The van der Waals surface area contributed by atoms with Crippen molar-refractivity contribution in [1.29, 1.82) is 0 Å². The van der Waals surface area contributed by atoms with Crippen molar-refractivity contribution in [2.45, 2.75) is 13.8 Å². The summed E-state index contributed by atoms with van der Waals surface area (Å²) in [5, 5.41) is 7.42. The molecule has 2 heterocycles. The molecule has 0 unspecified atom stereocenters. The molecule has 4 nitrogen and oxygen atoms in total. The molecule has 0 amide bonds. The lowest BCUT2D eigenvalue weighted by atomic mass is 10.1. The van der Waals surface area contributed by atoms with Crippen LogP contribution in [0, 0.1) is 13.8 Å². The third-order valence-electron chi connectivity index (χ3n) is 4.73. The normalized spacial score (nSPS) is 12.3. The number of hydrogen-bond acceptors (Lipinski definition) is 4. The van der Waals surface area contributed by atoms with Crippen LogP contribution in [-0.4, -0.2) is 20.5 Å². The Balaban J connectivity index is 1.66. The molecule has 1 aliphatic carbocycles. The van der Waals surface area contributed by atoms with Gasteiger partial charge in [0.2, 0.25) is 5.13 Å². The molecule has 0 fully saturated rings. The summed E-state index contributed by atoms with van der Waals surface area (Å²) in [5.74, 6) is 0.0506. The van der Waals surface area contributed by atoms with Crippen LogP contribution in [0.1, 0.15) is 27.2 Å². The number of nitrogens with zero attached hydrogens (tertiary/aromatic N) is 3. The Labute approximate surface area is 154 Å². The van der Waals surface area contributed by atoms with Crippen LogP contribution >= 0.6 is 11.3 Å². The van der Waals surface area contributed by atoms with Gasteiger partial charge in [0.25, 0.3) is 0 Å². The summed E-state index contributed by atoms with van der Waals surface area (Å²) >= 11 is 1.53. The van der Waals surface area contributed by atoms with Gasteiger partial charge in [-0.2, -0.15) is 5.10 Å². The zero-order valence-corrected chi connectivity index (χ0v) is 15.2. The molecule has 1 aliphatic rings. The molecule has 5 rings (SSSR count). The second-order valence-electron chi connectivity index (χ2n) is 6.48. The molecule has 26 heavy (non-hydrogen) atoms. The number of ketones is 1. The van der Waals surface area contributed by atoms with E-state index in [4.69, 9.17) is 4.98 Å². The Hall–Kier alpha value is -3.05. The lowest BCUT2D eigenvalue weighted by molar-refractivity contribution is 0.104. The highest BCUT2D eigenvalue weighted by atomic mass is 32.1. The average Bonchev–Trinajstić information content (AvgIpc) is 3.33. The summed E-state index contributed by atoms with van der Waals surface area (Å²) < 4.78 is 1.82. The fraction of sp³-hybridized carbons (Fsp3) is 0.0952. The van der Waals surface area contributed by atoms with Crippen molar-refractivity contribution in [2.75, 3.05) is 0 Å². The zero-order valence-electron chi connectivity index (χ0n) is 14.4. The van der Waals surface area contributed by atoms with Crippen molar-refractivity contribution in [3.63, 3.8) is 0 Å². The quantitative estimate of drug-likeness (QED) is 0.455. The van der Waals surface area contributed by atoms with Crippen molar-refractivity contribution < 1.29 is 4.79 Å². The molecule has 0 radical (unpaired) electrons. The van der Waals surface area contributed by atoms with E-state index in [9.17, 15) is 4.79 Å². The van der Waals surface area contributed by atoms with Crippen molar-refractivity contribution in [3.8, 4) is 27.6 Å². The van der Waals surface area contributed by atoms with Crippen molar-refractivity contribution in [3.05, 3.63) is 76.3 Å². The second kappa shape index (κ2) is 5.47. The van der Waals surface area contributed by atoms with Crippen LogP contribution < -0.4 is 0 Å². The number of carbonyl (C=O) groups excluding carboxylic acids is 1. The Morgan fingerprint density at radius 2 is 1.69 bits per heavy atom. The number of hydrogen-bond donors (Lipinski definition) is 0. The molecule has 5 heteroatoms. The number of aromatic nitrogens is 3. The smallest absolute Gasteiger partial charge is 0.211 e. The largest absolute Gasteiger partial charge is 0.288 e. The highest BCUT2D eigenvalue weighted by Crippen LogP contribution is 2.40. The van der Waals surface area contributed by atoms with Gasteiger partial charge in [0.1, 0.15) is 0 Å². The fourth-order valence-corrected chi connectivity index (χ4v) is 4.22. The Kier molecular flexibility index (Phi) is 3.21. The van der Waals surface area contributed by atoms with Crippen LogP contribution in [0.4, 0.5) is 0 Å². The number of rotatable bonds is 2. The number of benzene rings is 2. The maximum atomic E-state index is 12.7. The molecule has 2 aromatic heterocycles. The third kappa shape index (κ3) is 2.10. The van der Waals surface area contributed by atoms with Gasteiger partial charge < -0.3 is 0 Å². The van der Waals surface area contributed by atoms with Crippen LogP contribution in [0.5, 0.6) is 0 Å². The maximum absolute atomic E-state index is 12.7.